The van der Waals surface area contributed by atoms with Gasteiger partial charge in [0.1, 0.15) is 12.6 Å². The van der Waals surface area contributed by atoms with Crippen molar-refractivity contribution < 1.29 is 24.2 Å². The Morgan fingerprint density at radius 2 is 1.94 bits per heavy atom. The van der Waals surface area contributed by atoms with Crippen LogP contribution in [-0.4, -0.2) is 54.9 Å². The minimum atomic E-state index is -0.897. The van der Waals surface area contributed by atoms with Gasteiger partial charge in [-0.05, 0) is 36.0 Å². The molecule has 1 aromatic carbocycles. The number of nitrogens with one attached hydrogen (secondary N) is 3. The first kappa shape index (κ1) is 26.9. The van der Waals surface area contributed by atoms with Gasteiger partial charge in [-0.25, -0.2) is 4.79 Å². The van der Waals surface area contributed by atoms with E-state index in [1.807, 2.05) is 52.8 Å². The molecule has 1 aromatic rings. The number of aliphatic hydroxyl groups is 1. The van der Waals surface area contributed by atoms with Crippen LogP contribution in [0.5, 0.6) is 0 Å². The number of carbonyl (C=O) groups is 3. The highest BCUT2D eigenvalue weighted by molar-refractivity contribution is 6.30. The highest BCUT2D eigenvalue weighted by Gasteiger charge is 2.36. The summed E-state index contributed by atoms with van der Waals surface area (Å²) >= 11 is 6.08. The standard InChI is InChI=1S/C24H36ClN3O5/c1-23(2,3)19(21(31)27-18(13-29)11-15-9-10-26-20(15)30)28-22(32)33-14-24(4,5)16-7-6-8-17(25)12-16/h6-8,12,15,18-19,29H,9-11,13-14H2,1-5H3,(H,26,30)(H,27,31)(H,28,32)/t15-,18?,19?/m0/s1. The van der Waals surface area contributed by atoms with Crippen molar-refractivity contribution in [1.82, 2.24) is 16.0 Å². The predicted octanol–water partition coefficient (Wildman–Crippen LogP) is 2.76. The molecule has 0 aromatic heterocycles. The molecule has 4 N–H and O–H groups in total. The van der Waals surface area contributed by atoms with Gasteiger partial charge in [-0.15, -0.1) is 0 Å². The largest absolute Gasteiger partial charge is 0.449 e. The van der Waals surface area contributed by atoms with Crippen molar-refractivity contribution in [3.8, 4) is 0 Å². The number of halogens is 1. The van der Waals surface area contributed by atoms with Crippen LogP contribution >= 0.6 is 11.6 Å². The molecule has 184 valence electrons. The number of alkyl carbamates (subject to hydrolysis) is 1. The highest BCUT2D eigenvalue weighted by atomic mass is 35.5. The number of benzene rings is 1. The van der Waals surface area contributed by atoms with Crippen LogP contribution in [-0.2, 0) is 19.7 Å². The number of carbonyl (C=O) groups excluding carboxylic acids is 3. The number of rotatable bonds is 9. The average molecular weight is 482 g/mol. The molecule has 9 heteroatoms. The van der Waals surface area contributed by atoms with Gasteiger partial charge in [0.05, 0.1) is 12.6 Å². The molecule has 1 saturated heterocycles. The maximum absolute atomic E-state index is 13.0. The van der Waals surface area contributed by atoms with Gasteiger partial charge in [0.25, 0.3) is 0 Å². The van der Waals surface area contributed by atoms with E-state index in [1.165, 1.54) is 0 Å². The number of ether oxygens (including phenoxy) is 1. The monoisotopic (exact) mass is 481 g/mol. The topological polar surface area (TPSA) is 117 Å². The van der Waals surface area contributed by atoms with E-state index in [9.17, 15) is 19.5 Å². The number of hydrogen-bond acceptors (Lipinski definition) is 5. The molecule has 2 unspecified atom stereocenters. The summed E-state index contributed by atoms with van der Waals surface area (Å²) in [5, 5.41) is 18.5. The lowest BCUT2D eigenvalue weighted by Crippen LogP contribution is -2.56. The van der Waals surface area contributed by atoms with Crippen molar-refractivity contribution in [2.24, 2.45) is 11.3 Å². The van der Waals surface area contributed by atoms with E-state index >= 15 is 0 Å². The quantitative estimate of drug-likeness (QED) is 0.432. The Morgan fingerprint density at radius 1 is 1.24 bits per heavy atom. The maximum Gasteiger partial charge on any atom is 0.407 e. The number of aliphatic hydroxyl groups excluding tert-OH is 1. The summed E-state index contributed by atoms with van der Waals surface area (Å²) in [5.74, 6) is -0.757. The smallest absolute Gasteiger partial charge is 0.407 e. The Hall–Kier alpha value is -2.32. The van der Waals surface area contributed by atoms with Crippen molar-refractivity contribution in [2.75, 3.05) is 19.8 Å². The van der Waals surface area contributed by atoms with Crippen LogP contribution in [0.3, 0.4) is 0 Å². The fourth-order valence-electron chi connectivity index (χ4n) is 3.75. The molecule has 2 rings (SSSR count). The number of amides is 3. The van der Waals surface area contributed by atoms with Gasteiger partial charge in [0.15, 0.2) is 0 Å². The first-order chi connectivity index (χ1) is 15.3. The zero-order valence-electron chi connectivity index (χ0n) is 20.0. The molecule has 1 aliphatic heterocycles. The van der Waals surface area contributed by atoms with Crippen LogP contribution in [0.1, 0.15) is 53.0 Å². The lowest BCUT2D eigenvalue weighted by atomic mass is 9.85. The van der Waals surface area contributed by atoms with Gasteiger partial charge in [0, 0.05) is 22.9 Å². The third-order valence-electron chi connectivity index (χ3n) is 5.86. The van der Waals surface area contributed by atoms with E-state index in [1.54, 1.807) is 6.07 Å². The van der Waals surface area contributed by atoms with Crippen molar-refractivity contribution in [3.05, 3.63) is 34.9 Å². The van der Waals surface area contributed by atoms with Crippen LogP contribution in [0, 0.1) is 11.3 Å². The minimum absolute atomic E-state index is 0.0703. The van der Waals surface area contributed by atoms with E-state index in [-0.39, 0.29) is 25.0 Å². The second-order valence-electron chi connectivity index (χ2n) is 10.3. The van der Waals surface area contributed by atoms with Gasteiger partial charge < -0.3 is 25.8 Å². The lowest BCUT2D eigenvalue weighted by molar-refractivity contribution is -0.127. The third kappa shape index (κ3) is 7.89. The van der Waals surface area contributed by atoms with Crippen LogP contribution in [0.15, 0.2) is 24.3 Å². The highest BCUT2D eigenvalue weighted by Crippen LogP contribution is 2.26. The summed E-state index contributed by atoms with van der Waals surface area (Å²) in [6.07, 6.45) is 0.292. The minimum Gasteiger partial charge on any atom is -0.449 e. The molecule has 0 aliphatic carbocycles. The SMILES string of the molecule is CC(C)(COC(=O)NC(C(=O)NC(CO)C[C@@H]1CCNC1=O)C(C)(C)C)c1cccc(Cl)c1. The van der Waals surface area contributed by atoms with Crippen LogP contribution < -0.4 is 16.0 Å². The fraction of sp³-hybridized carbons (Fsp3) is 0.625. The Morgan fingerprint density at radius 3 is 2.48 bits per heavy atom. The Balaban J connectivity index is 1.98. The molecule has 0 radical (unpaired) electrons. The van der Waals surface area contributed by atoms with Crippen molar-refractivity contribution in [2.45, 2.75) is 65.0 Å². The van der Waals surface area contributed by atoms with Gasteiger partial charge >= 0.3 is 6.09 Å². The predicted molar refractivity (Wildman–Crippen MR) is 127 cm³/mol. The summed E-state index contributed by atoms with van der Waals surface area (Å²) in [6.45, 7) is 9.73. The van der Waals surface area contributed by atoms with Gasteiger partial charge in [-0.1, -0.05) is 58.4 Å². The van der Waals surface area contributed by atoms with Crippen LogP contribution in [0.2, 0.25) is 5.02 Å². The molecule has 1 aliphatic rings. The Bertz CT molecular complexity index is 853. The maximum atomic E-state index is 13.0. The van der Waals surface area contributed by atoms with Crippen molar-refractivity contribution in [3.63, 3.8) is 0 Å². The Labute approximate surface area is 200 Å². The molecule has 0 spiro atoms. The molecular formula is C24H36ClN3O5. The van der Waals surface area contributed by atoms with Crippen molar-refractivity contribution >= 4 is 29.5 Å². The van der Waals surface area contributed by atoms with Crippen molar-refractivity contribution in [1.29, 1.82) is 0 Å². The van der Waals surface area contributed by atoms with E-state index in [0.29, 0.717) is 24.4 Å². The molecule has 0 saturated carbocycles. The average Bonchev–Trinajstić information content (AvgIpc) is 3.13. The fourth-order valence-corrected chi connectivity index (χ4v) is 3.94. The summed E-state index contributed by atoms with van der Waals surface area (Å²) in [4.78, 5) is 37.4. The zero-order chi connectivity index (χ0) is 24.8. The summed E-state index contributed by atoms with van der Waals surface area (Å²) in [7, 11) is 0. The van der Waals surface area contributed by atoms with Crippen LogP contribution in [0.4, 0.5) is 4.79 Å². The van der Waals surface area contributed by atoms with Crippen LogP contribution in [0.25, 0.3) is 0 Å². The van der Waals surface area contributed by atoms with Gasteiger partial charge in [-0.2, -0.15) is 0 Å². The summed E-state index contributed by atoms with van der Waals surface area (Å²) < 4.78 is 5.45. The molecule has 3 atom stereocenters. The van der Waals surface area contributed by atoms with E-state index in [2.05, 4.69) is 16.0 Å². The second kappa shape index (κ2) is 11.2. The normalized spacial score (nSPS) is 18.3. The van der Waals surface area contributed by atoms with E-state index in [0.717, 1.165) is 5.56 Å². The first-order valence-corrected chi connectivity index (χ1v) is 11.6. The van der Waals surface area contributed by atoms with Gasteiger partial charge in [0.2, 0.25) is 11.8 Å². The second-order valence-corrected chi connectivity index (χ2v) is 10.8. The molecule has 1 fully saturated rings. The van der Waals surface area contributed by atoms with E-state index in [4.69, 9.17) is 16.3 Å². The molecule has 0 bridgehead atoms. The first-order valence-electron chi connectivity index (χ1n) is 11.2. The van der Waals surface area contributed by atoms with E-state index < -0.39 is 34.9 Å². The lowest BCUT2D eigenvalue weighted by Gasteiger charge is -2.32. The van der Waals surface area contributed by atoms with Gasteiger partial charge in [-0.3, -0.25) is 9.59 Å². The molecule has 3 amide bonds. The number of hydrogen-bond donors (Lipinski definition) is 4. The molecular weight excluding hydrogens is 446 g/mol. The summed E-state index contributed by atoms with van der Waals surface area (Å²) in [6, 6.07) is 5.87. The summed E-state index contributed by atoms with van der Waals surface area (Å²) in [5.41, 5.74) is -0.170. The molecule has 1 heterocycles. The zero-order valence-corrected chi connectivity index (χ0v) is 20.8. The Kier molecular flexibility index (Phi) is 9.14. The molecule has 8 nitrogen and oxygen atoms in total. The molecule has 33 heavy (non-hydrogen) atoms. The third-order valence-corrected chi connectivity index (χ3v) is 6.09.